The summed E-state index contributed by atoms with van der Waals surface area (Å²) in [6.45, 7) is 2.64. The summed E-state index contributed by atoms with van der Waals surface area (Å²) in [6, 6.07) is 8.03. The number of rotatable bonds is 3. The molecule has 0 aliphatic heterocycles. The van der Waals surface area contributed by atoms with Gasteiger partial charge < -0.3 is 9.84 Å². The Morgan fingerprint density at radius 3 is 2.88 bits per heavy atom. The Morgan fingerprint density at radius 2 is 2.19 bits per heavy atom. The van der Waals surface area contributed by atoms with Gasteiger partial charge in [0.05, 0.1) is 6.54 Å². The zero-order valence-electron chi connectivity index (χ0n) is 9.23. The molecule has 1 aromatic carbocycles. The Morgan fingerprint density at radius 1 is 1.38 bits per heavy atom. The van der Waals surface area contributed by atoms with Crippen molar-refractivity contribution in [3.05, 3.63) is 35.7 Å². The van der Waals surface area contributed by atoms with Crippen LogP contribution in [0.3, 0.4) is 0 Å². The first kappa shape index (κ1) is 12.7. The highest BCUT2D eigenvalue weighted by molar-refractivity contribution is 5.85. The van der Waals surface area contributed by atoms with Gasteiger partial charge in [0.15, 0.2) is 0 Å². The number of aromatic nitrogens is 2. The molecule has 16 heavy (non-hydrogen) atoms. The maximum atomic E-state index is 5.08. The third-order valence-electron chi connectivity index (χ3n) is 2.07. The molecule has 0 aliphatic carbocycles. The maximum absolute atomic E-state index is 5.08. The van der Waals surface area contributed by atoms with Gasteiger partial charge in [0, 0.05) is 5.56 Å². The van der Waals surface area contributed by atoms with Gasteiger partial charge in [-0.2, -0.15) is 4.98 Å². The van der Waals surface area contributed by atoms with Crippen molar-refractivity contribution in [3.8, 4) is 11.4 Å². The van der Waals surface area contributed by atoms with E-state index in [9.17, 15) is 0 Å². The fourth-order valence-corrected chi connectivity index (χ4v) is 1.38. The highest BCUT2D eigenvalue weighted by Crippen LogP contribution is 2.16. The molecular formula is C11H14ClN3O. The molecule has 0 radical (unpaired) electrons. The zero-order valence-corrected chi connectivity index (χ0v) is 10.0. The van der Waals surface area contributed by atoms with Crippen LogP contribution < -0.4 is 5.32 Å². The zero-order chi connectivity index (χ0) is 10.7. The summed E-state index contributed by atoms with van der Waals surface area (Å²) < 4.78 is 5.08. The SMILES string of the molecule is CNCc1nc(-c2cccc(C)c2)no1.Cl. The summed E-state index contributed by atoms with van der Waals surface area (Å²) in [5.74, 6) is 1.25. The van der Waals surface area contributed by atoms with Gasteiger partial charge in [-0.1, -0.05) is 28.9 Å². The number of hydrogen-bond donors (Lipinski definition) is 1. The van der Waals surface area contributed by atoms with Crippen molar-refractivity contribution in [1.29, 1.82) is 0 Å². The Kier molecular flexibility index (Phi) is 4.46. The monoisotopic (exact) mass is 239 g/mol. The average molecular weight is 240 g/mol. The smallest absolute Gasteiger partial charge is 0.240 e. The lowest BCUT2D eigenvalue weighted by atomic mass is 10.1. The summed E-state index contributed by atoms with van der Waals surface area (Å²) in [5.41, 5.74) is 2.17. The van der Waals surface area contributed by atoms with E-state index < -0.39 is 0 Å². The molecule has 2 aromatic rings. The number of nitrogens with one attached hydrogen (secondary N) is 1. The molecule has 0 aliphatic rings. The van der Waals surface area contributed by atoms with E-state index in [1.807, 2.05) is 38.2 Å². The van der Waals surface area contributed by atoms with E-state index in [4.69, 9.17) is 4.52 Å². The molecule has 5 heteroatoms. The third-order valence-corrected chi connectivity index (χ3v) is 2.07. The highest BCUT2D eigenvalue weighted by Gasteiger charge is 2.07. The van der Waals surface area contributed by atoms with E-state index in [2.05, 4.69) is 15.5 Å². The van der Waals surface area contributed by atoms with E-state index in [-0.39, 0.29) is 12.4 Å². The summed E-state index contributed by atoms with van der Waals surface area (Å²) >= 11 is 0. The van der Waals surface area contributed by atoms with E-state index in [1.165, 1.54) is 5.56 Å². The molecule has 1 heterocycles. The minimum Gasteiger partial charge on any atom is -0.338 e. The fourth-order valence-electron chi connectivity index (χ4n) is 1.38. The van der Waals surface area contributed by atoms with E-state index in [0.717, 1.165) is 5.56 Å². The van der Waals surface area contributed by atoms with Crippen LogP contribution in [0, 0.1) is 6.92 Å². The minimum absolute atomic E-state index is 0. The Balaban J connectivity index is 0.00000128. The second-order valence-corrected chi connectivity index (χ2v) is 3.41. The summed E-state index contributed by atoms with van der Waals surface area (Å²) in [6.07, 6.45) is 0. The number of benzene rings is 1. The number of hydrogen-bond acceptors (Lipinski definition) is 4. The molecule has 0 bridgehead atoms. The quantitative estimate of drug-likeness (QED) is 0.892. The molecule has 4 nitrogen and oxygen atoms in total. The highest BCUT2D eigenvalue weighted by atomic mass is 35.5. The second-order valence-electron chi connectivity index (χ2n) is 3.41. The predicted molar refractivity (Wildman–Crippen MR) is 64.5 cm³/mol. The van der Waals surface area contributed by atoms with Crippen LogP contribution in [0.15, 0.2) is 28.8 Å². The molecule has 2 rings (SSSR count). The molecular weight excluding hydrogens is 226 g/mol. The van der Waals surface area contributed by atoms with Crippen LogP contribution in [0.2, 0.25) is 0 Å². The predicted octanol–water partition coefficient (Wildman–Crippen LogP) is 2.19. The van der Waals surface area contributed by atoms with Crippen LogP contribution in [-0.4, -0.2) is 17.2 Å². The molecule has 0 amide bonds. The first-order valence-electron chi connectivity index (χ1n) is 4.84. The van der Waals surface area contributed by atoms with Gasteiger partial charge in [-0.15, -0.1) is 12.4 Å². The maximum Gasteiger partial charge on any atom is 0.240 e. The van der Waals surface area contributed by atoms with Gasteiger partial charge >= 0.3 is 0 Å². The normalized spacial score (nSPS) is 9.88. The average Bonchev–Trinajstić information content (AvgIpc) is 2.67. The molecule has 1 aromatic heterocycles. The standard InChI is InChI=1S/C11H13N3O.ClH/c1-8-4-3-5-9(6-8)11-13-10(7-12-2)15-14-11;/h3-6,12H,7H2,1-2H3;1H. The van der Waals surface area contributed by atoms with Crippen molar-refractivity contribution >= 4 is 12.4 Å². The van der Waals surface area contributed by atoms with Crippen molar-refractivity contribution in [2.75, 3.05) is 7.05 Å². The molecule has 0 fully saturated rings. The van der Waals surface area contributed by atoms with Gasteiger partial charge in [-0.3, -0.25) is 0 Å². The number of aryl methyl sites for hydroxylation is 1. The summed E-state index contributed by atoms with van der Waals surface area (Å²) in [7, 11) is 1.84. The lowest BCUT2D eigenvalue weighted by molar-refractivity contribution is 0.372. The Hall–Kier alpha value is -1.39. The van der Waals surface area contributed by atoms with Crippen LogP contribution in [-0.2, 0) is 6.54 Å². The molecule has 1 N–H and O–H groups in total. The Labute approximate surface area is 100 Å². The van der Waals surface area contributed by atoms with Crippen LogP contribution in [0.5, 0.6) is 0 Å². The van der Waals surface area contributed by atoms with Crippen LogP contribution >= 0.6 is 12.4 Å². The molecule has 0 saturated carbocycles. The van der Waals surface area contributed by atoms with Crippen molar-refractivity contribution in [1.82, 2.24) is 15.5 Å². The van der Waals surface area contributed by atoms with Crippen molar-refractivity contribution in [2.24, 2.45) is 0 Å². The lowest BCUT2D eigenvalue weighted by Crippen LogP contribution is -2.04. The first-order chi connectivity index (χ1) is 7.29. The van der Waals surface area contributed by atoms with Crippen molar-refractivity contribution < 1.29 is 4.52 Å². The molecule has 0 saturated heterocycles. The lowest BCUT2D eigenvalue weighted by Gasteiger charge is -1.95. The first-order valence-corrected chi connectivity index (χ1v) is 4.84. The van der Waals surface area contributed by atoms with Gasteiger partial charge in [-0.25, -0.2) is 0 Å². The van der Waals surface area contributed by atoms with Gasteiger partial charge in [0.25, 0.3) is 0 Å². The van der Waals surface area contributed by atoms with E-state index in [1.54, 1.807) is 0 Å². The van der Waals surface area contributed by atoms with Crippen molar-refractivity contribution in [3.63, 3.8) is 0 Å². The number of halogens is 1. The van der Waals surface area contributed by atoms with Gasteiger partial charge in [0.1, 0.15) is 0 Å². The van der Waals surface area contributed by atoms with Crippen LogP contribution in [0.25, 0.3) is 11.4 Å². The van der Waals surface area contributed by atoms with E-state index in [0.29, 0.717) is 18.3 Å². The summed E-state index contributed by atoms with van der Waals surface area (Å²) in [4.78, 5) is 4.27. The van der Waals surface area contributed by atoms with Crippen molar-refractivity contribution in [2.45, 2.75) is 13.5 Å². The molecule has 0 atom stereocenters. The third kappa shape index (κ3) is 2.81. The second kappa shape index (κ2) is 5.63. The summed E-state index contributed by atoms with van der Waals surface area (Å²) in [5, 5.41) is 6.88. The van der Waals surface area contributed by atoms with Crippen LogP contribution in [0.4, 0.5) is 0 Å². The largest absolute Gasteiger partial charge is 0.338 e. The molecule has 86 valence electrons. The minimum atomic E-state index is 0. The number of nitrogens with zero attached hydrogens (tertiary/aromatic N) is 2. The van der Waals surface area contributed by atoms with Gasteiger partial charge in [-0.05, 0) is 20.0 Å². The topological polar surface area (TPSA) is 51.0 Å². The molecule has 0 unspecified atom stereocenters. The van der Waals surface area contributed by atoms with Crippen LogP contribution in [0.1, 0.15) is 11.5 Å². The van der Waals surface area contributed by atoms with E-state index >= 15 is 0 Å². The fraction of sp³-hybridized carbons (Fsp3) is 0.273. The van der Waals surface area contributed by atoms with Gasteiger partial charge in [0.2, 0.25) is 11.7 Å². The Bertz CT molecular complexity index is 456. The molecule has 0 spiro atoms.